The van der Waals surface area contributed by atoms with Gasteiger partial charge < -0.3 is 19.1 Å². The van der Waals surface area contributed by atoms with Crippen LogP contribution < -0.4 is 19.1 Å². The van der Waals surface area contributed by atoms with Gasteiger partial charge in [0.2, 0.25) is 0 Å². The molecule has 1 aliphatic carbocycles. The van der Waals surface area contributed by atoms with Crippen molar-refractivity contribution in [3.8, 4) is 17.2 Å². The Morgan fingerprint density at radius 2 is 1.84 bits per heavy atom. The maximum Gasteiger partial charge on any atom is 0.163 e. The van der Waals surface area contributed by atoms with Crippen LogP contribution in [0.5, 0.6) is 17.2 Å². The quantitative estimate of drug-likeness (QED) is 0.355. The van der Waals surface area contributed by atoms with E-state index in [1.54, 1.807) is 19.6 Å². The average molecular weight is 431 g/mol. The average Bonchev–Trinajstić information content (AvgIpc) is 3.35. The normalized spacial score (nSPS) is 13.9. The molecule has 0 spiro atoms. The van der Waals surface area contributed by atoms with Crippen LogP contribution in [0, 0.1) is 0 Å². The maximum absolute atomic E-state index is 6.36. The molecule has 3 aromatic rings. The van der Waals surface area contributed by atoms with Crippen molar-refractivity contribution >= 4 is 11.4 Å². The van der Waals surface area contributed by atoms with Crippen molar-refractivity contribution in [2.24, 2.45) is 0 Å². The number of pyridine rings is 1. The van der Waals surface area contributed by atoms with Gasteiger partial charge in [0, 0.05) is 30.7 Å². The van der Waals surface area contributed by atoms with Gasteiger partial charge >= 0.3 is 0 Å². The lowest BCUT2D eigenvalue weighted by molar-refractivity contribution is 0.201. The third-order valence-electron chi connectivity index (χ3n) is 5.61. The molecule has 0 N–H and O–H groups in total. The minimum Gasteiger partial charge on any atom is -0.493 e. The van der Waals surface area contributed by atoms with Crippen molar-refractivity contribution in [3.05, 3.63) is 84.9 Å². The Labute approximate surface area is 190 Å². The molecule has 4 rings (SSSR count). The predicted octanol–water partition coefficient (Wildman–Crippen LogP) is 6.66. The lowest BCUT2D eigenvalue weighted by atomic mass is 10.1. The summed E-state index contributed by atoms with van der Waals surface area (Å²) in [4.78, 5) is 6.52. The summed E-state index contributed by atoms with van der Waals surface area (Å²) >= 11 is 0. The monoisotopic (exact) mass is 430 g/mol. The highest BCUT2D eigenvalue weighted by Gasteiger charge is 2.21. The van der Waals surface area contributed by atoms with Gasteiger partial charge in [-0.25, -0.2) is 0 Å². The largest absolute Gasteiger partial charge is 0.493 e. The number of anilines is 2. The number of hydrogen-bond acceptors (Lipinski definition) is 5. The fourth-order valence-electron chi connectivity index (χ4n) is 4.02. The van der Waals surface area contributed by atoms with Crippen LogP contribution in [0.3, 0.4) is 0 Å². The van der Waals surface area contributed by atoms with E-state index in [1.165, 1.54) is 12.8 Å². The first-order valence-corrected chi connectivity index (χ1v) is 11.2. The number of aromatic nitrogens is 1. The number of hydrogen-bond donors (Lipinski definition) is 0. The topological polar surface area (TPSA) is 43.8 Å². The molecule has 2 aromatic carbocycles. The number of ether oxygens (including phenoxy) is 3. The second-order valence-corrected chi connectivity index (χ2v) is 7.86. The van der Waals surface area contributed by atoms with Gasteiger partial charge in [-0.05, 0) is 68.5 Å². The molecule has 5 nitrogen and oxygen atoms in total. The van der Waals surface area contributed by atoms with E-state index < -0.39 is 0 Å². The summed E-state index contributed by atoms with van der Waals surface area (Å²) in [6.45, 7) is 2.57. The highest BCUT2D eigenvalue weighted by Crippen LogP contribution is 2.40. The molecule has 0 radical (unpaired) electrons. The summed E-state index contributed by atoms with van der Waals surface area (Å²) < 4.78 is 17.9. The molecule has 1 fully saturated rings. The molecule has 0 unspecified atom stereocenters. The van der Waals surface area contributed by atoms with Crippen LogP contribution in [0.2, 0.25) is 0 Å². The molecule has 0 amide bonds. The number of para-hydroxylation sites is 2. The van der Waals surface area contributed by atoms with E-state index in [0.29, 0.717) is 6.54 Å². The fourth-order valence-corrected chi connectivity index (χ4v) is 4.02. The minimum atomic E-state index is 0.247. The number of nitrogens with zero attached hydrogens (tertiary/aromatic N) is 2. The van der Waals surface area contributed by atoms with E-state index in [1.807, 2.05) is 49.5 Å². The molecule has 0 saturated heterocycles. The number of rotatable bonds is 9. The van der Waals surface area contributed by atoms with Crippen molar-refractivity contribution in [1.29, 1.82) is 0 Å². The lowest BCUT2D eigenvalue weighted by Gasteiger charge is -2.28. The van der Waals surface area contributed by atoms with Crippen LogP contribution in [-0.4, -0.2) is 18.2 Å². The van der Waals surface area contributed by atoms with Gasteiger partial charge in [-0.2, -0.15) is 0 Å². The van der Waals surface area contributed by atoms with E-state index >= 15 is 0 Å². The first-order chi connectivity index (χ1) is 15.8. The van der Waals surface area contributed by atoms with Crippen molar-refractivity contribution in [1.82, 2.24) is 4.98 Å². The summed E-state index contributed by atoms with van der Waals surface area (Å²) in [5.41, 5.74) is 3.06. The molecule has 1 heterocycles. The second-order valence-electron chi connectivity index (χ2n) is 7.86. The van der Waals surface area contributed by atoms with E-state index in [9.17, 15) is 0 Å². The molecule has 0 aliphatic heterocycles. The van der Waals surface area contributed by atoms with Gasteiger partial charge in [-0.3, -0.25) is 4.98 Å². The zero-order valence-corrected chi connectivity index (χ0v) is 18.7. The van der Waals surface area contributed by atoms with E-state index in [-0.39, 0.29) is 6.10 Å². The number of benzene rings is 2. The number of allylic oxidation sites excluding steroid dienone is 1. The molecule has 5 heteroatoms. The summed E-state index contributed by atoms with van der Waals surface area (Å²) in [5.74, 6) is 2.31. The summed E-state index contributed by atoms with van der Waals surface area (Å²) in [5, 5.41) is 0. The number of methoxy groups -OCH3 is 1. The third-order valence-corrected chi connectivity index (χ3v) is 5.61. The van der Waals surface area contributed by atoms with Crippen molar-refractivity contribution in [2.45, 2.75) is 45.3 Å². The molecule has 1 saturated carbocycles. The molecule has 0 bridgehead atoms. The molecular weight excluding hydrogens is 400 g/mol. The minimum absolute atomic E-state index is 0.247. The van der Waals surface area contributed by atoms with Crippen LogP contribution in [0.25, 0.3) is 0 Å². The zero-order chi connectivity index (χ0) is 22.2. The molecule has 0 atom stereocenters. The first-order valence-electron chi connectivity index (χ1n) is 11.2. The lowest BCUT2D eigenvalue weighted by Crippen LogP contribution is -2.18. The van der Waals surface area contributed by atoms with Crippen LogP contribution in [0.15, 0.2) is 79.3 Å². The zero-order valence-electron chi connectivity index (χ0n) is 18.7. The van der Waals surface area contributed by atoms with Gasteiger partial charge in [-0.1, -0.05) is 24.3 Å². The summed E-state index contributed by atoms with van der Waals surface area (Å²) in [6, 6.07) is 18.2. The summed E-state index contributed by atoms with van der Waals surface area (Å²) in [6.07, 6.45) is 12.1. The highest BCUT2D eigenvalue weighted by molar-refractivity contribution is 5.71. The van der Waals surface area contributed by atoms with Gasteiger partial charge in [0.1, 0.15) is 5.75 Å². The molecule has 1 aromatic heterocycles. The fraction of sp³-hybridized carbons (Fsp3) is 0.296. The van der Waals surface area contributed by atoms with Crippen LogP contribution in [-0.2, 0) is 6.54 Å². The van der Waals surface area contributed by atoms with Gasteiger partial charge in [0.25, 0.3) is 0 Å². The SMILES string of the molecule is CC=COc1ccccc1N(Cc1cccnc1)c1ccc(OC)c(OC2CCCC2)c1. The Morgan fingerprint density at radius 1 is 1.00 bits per heavy atom. The molecule has 32 heavy (non-hydrogen) atoms. The Balaban J connectivity index is 1.74. The Bertz CT molecular complexity index is 1030. The Morgan fingerprint density at radius 3 is 2.59 bits per heavy atom. The molecule has 166 valence electrons. The standard InChI is InChI=1S/C27H30N2O3/c1-3-17-31-25-13-7-6-12-24(25)29(20-21-9-8-16-28-19-21)22-14-15-26(30-2)27(18-22)32-23-10-4-5-11-23/h3,6-9,12-19,23H,4-5,10-11,20H2,1-2H3. The van der Waals surface area contributed by atoms with Gasteiger partial charge in [0.05, 0.1) is 25.2 Å². The Hall–Kier alpha value is -3.47. The van der Waals surface area contributed by atoms with E-state index in [0.717, 1.165) is 47.0 Å². The van der Waals surface area contributed by atoms with E-state index in [4.69, 9.17) is 14.2 Å². The van der Waals surface area contributed by atoms with Gasteiger partial charge in [0.15, 0.2) is 11.5 Å². The first kappa shape index (κ1) is 21.8. The second kappa shape index (κ2) is 10.7. The predicted molar refractivity (Wildman–Crippen MR) is 128 cm³/mol. The van der Waals surface area contributed by atoms with Crippen molar-refractivity contribution < 1.29 is 14.2 Å². The van der Waals surface area contributed by atoms with Crippen LogP contribution in [0.1, 0.15) is 38.2 Å². The maximum atomic E-state index is 6.36. The smallest absolute Gasteiger partial charge is 0.163 e. The van der Waals surface area contributed by atoms with Crippen molar-refractivity contribution in [2.75, 3.05) is 12.0 Å². The van der Waals surface area contributed by atoms with Crippen LogP contribution in [0.4, 0.5) is 11.4 Å². The van der Waals surface area contributed by atoms with Crippen LogP contribution >= 0.6 is 0 Å². The van der Waals surface area contributed by atoms with Gasteiger partial charge in [-0.15, -0.1) is 0 Å². The Kier molecular flexibility index (Phi) is 7.28. The van der Waals surface area contributed by atoms with E-state index in [2.05, 4.69) is 34.1 Å². The third kappa shape index (κ3) is 5.22. The highest BCUT2D eigenvalue weighted by atomic mass is 16.5. The molecule has 1 aliphatic rings. The molecular formula is C27H30N2O3. The summed E-state index contributed by atoms with van der Waals surface area (Å²) in [7, 11) is 1.68. The van der Waals surface area contributed by atoms with Crippen molar-refractivity contribution in [3.63, 3.8) is 0 Å².